The fourth-order valence-electron chi connectivity index (χ4n) is 4.01. The molecule has 5 nitrogen and oxygen atoms in total. The molecule has 1 aromatic rings. The van der Waals surface area contributed by atoms with Crippen molar-refractivity contribution in [2.45, 2.75) is 44.9 Å². The highest BCUT2D eigenvalue weighted by molar-refractivity contribution is 6.00. The van der Waals surface area contributed by atoms with Gasteiger partial charge in [0.05, 0.1) is 24.7 Å². The number of benzene rings is 1. The fraction of sp³-hybridized carbons (Fsp3) is 0.455. The van der Waals surface area contributed by atoms with Crippen LogP contribution >= 0.6 is 0 Å². The molecule has 0 aromatic heterocycles. The maximum Gasteiger partial charge on any atom is 0.419 e. The van der Waals surface area contributed by atoms with E-state index in [9.17, 15) is 22.8 Å². The van der Waals surface area contributed by atoms with Gasteiger partial charge >= 0.3 is 6.18 Å². The molecule has 0 aliphatic carbocycles. The third kappa shape index (κ3) is 4.08. The van der Waals surface area contributed by atoms with Crippen molar-refractivity contribution in [2.75, 3.05) is 20.2 Å². The van der Waals surface area contributed by atoms with Crippen molar-refractivity contribution in [1.29, 1.82) is 0 Å². The van der Waals surface area contributed by atoms with Gasteiger partial charge in [-0.1, -0.05) is 6.08 Å². The van der Waals surface area contributed by atoms with Crippen LogP contribution in [-0.4, -0.2) is 42.4 Å². The summed E-state index contributed by atoms with van der Waals surface area (Å²) in [4.78, 5) is 26.8. The number of amides is 1. The van der Waals surface area contributed by atoms with Gasteiger partial charge in [-0.3, -0.25) is 9.59 Å². The molecule has 2 saturated heterocycles. The van der Waals surface area contributed by atoms with E-state index < -0.39 is 23.2 Å². The molecule has 1 aromatic carbocycles. The molecule has 0 N–H and O–H groups in total. The lowest BCUT2D eigenvalue weighted by Crippen LogP contribution is -2.51. The zero-order valence-corrected chi connectivity index (χ0v) is 17.1. The predicted octanol–water partition coefficient (Wildman–Crippen LogP) is 4.53. The van der Waals surface area contributed by atoms with E-state index in [1.165, 1.54) is 11.0 Å². The standard InChI is InChI=1S/C22H24F3NO4/c1-4-15-17(27)13-21(30-18(15)5-2)8-10-26(11-9-21)20(28)14-6-7-19(29-3)16(12-14)22(23,24)25/h4-7,12H,8-11,13H2,1-3H3. The molecule has 0 unspecified atom stereocenters. The normalized spacial score (nSPS) is 21.8. The lowest BCUT2D eigenvalue weighted by atomic mass is 9.81. The third-order valence-electron chi connectivity index (χ3n) is 5.64. The number of hydrogen-bond acceptors (Lipinski definition) is 4. The summed E-state index contributed by atoms with van der Waals surface area (Å²) in [6.45, 7) is 4.17. The maximum absolute atomic E-state index is 13.3. The first-order chi connectivity index (χ1) is 14.1. The summed E-state index contributed by atoms with van der Waals surface area (Å²) in [7, 11) is 1.15. The van der Waals surface area contributed by atoms with Gasteiger partial charge in [-0.2, -0.15) is 13.2 Å². The number of Topliss-reactive ketones (excluding diaryl/α,β-unsaturated/α-hetero) is 1. The highest BCUT2D eigenvalue weighted by Crippen LogP contribution is 2.40. The van der Waals surface area contributed by atoms with E-state index in [1.807, 2.05) is 0 Å². The Morgan fingerprint density at radius 2 is 1.87 bits per heavy atom. The lowest BCUT2D eigenvalue weighted by molar-refractivity contribution is -0.138. The molecule has 162 valence electrons. The van der Waals surface area contributed by atoms with Gasteiger partial charge in [0.25, 0.3) is 5.91 Å². The van der Waals surface area contributed by atoms with E-state index in [4.69, 9.17) is 9.47 Å². The third-order valence-corrected chi connectivity index (χ3v) is 5.64. The molecule has 1 amide bonds. The number of alkyl halides is 3. The molecule has 30 heavy (non-hydrogen) atoms. The van der Waals surface area contributed by atoms with Crippen LogP contribution in [0.25, 0.3) is 0 Å². The summed E-state index contributed by atoms with van der Waals surface area (Å²) in [5, 5.41) is 0. The summed E-state index contributed by atoms with van der Waals surface area (Å²) < 4.78 is 50.7. The van der Waals surface area contributed by atoms with Crippen LogP contribution in [0.2, 0.25) is 0 Å². The van der Waals surface area contributed by atoms with Crippen molar-refractivity contribution in [2.24, 2.45) is 0 Å². The first-order valence-electron chi connectivity index (χ1n) is 9.74. The number of methoxy groups -OCH3 is 1. The number of ketones is 1. The van der Waals surface area contributed by atoms with Gasteiger partial charge in [-0.05, 0) is 38.1 Å². The van der Waals surface area contributed by atoms with Gasteiger partial charge in [-0.25, -0.2) is 0 Å². The smallest absolute Gasteiger partial charge is 0.419 e. The van der Waals surface area contributed by atoms with Gasteiger partial charge in [0.15, 0.2) is 5.78 Å². The quantitative estimate of drug-likeness (QED) is 0.656. The summed E-state index contributed by atoms with van der Waals surface area (Å²) in [5.41, 5.74) is -1.16. The van der Waals surface area contributed by atoms with Crippen LogP contribution in [-0.2, 0) is 15.7 Å². The summed E-state index contributed by atoms with van der Waals surface area (Å²) >= 11 is 0. The highest BCUT2D eigenvalue weighted by atomic mass is 19.4. The van der Waals surface area contributed by atoms with Crippen LogP contribution in [0, 0.1) is 0 Å². The number of allylic oxidation sites excluding steroid dienone is 3. The van der Waals surface area contributed by atoms with E-state index in [2.05, 4.69) is 0 Å². The van der Waals surface area contributed by atoms with E-state index in [1.54, 1.807) is 26.0 Å². The Hall–Kier alpha value is -2.77. The molecule has 1 spiro atoms. The molecular weight excluding hydrogens is 399 g/mol. The first kappa shape index (κ1) is 21.9. The topological polar surface area (TPSA) is 55.8 Å². The van der Waals surface area contributed by atoms with Crippen molar-refractivity contribution in [3.63, 3.8) is 0 Å². The lowest BCUT2D eigenvalue weighted by Gasteiger charge is -2.44. The Bertz CT molecular complexity index is 909. The van der Waals surface area contributed by atoms with Gasteiger partial charge in [-0.15, -0.1) is 0 Å². The molecular formula is C22H24F3NO4. The average Bonchev–Trinajstić information content (AvgIpc) is 2.72. The van der Waals surface area contributed by atoms with Gasteiger partial charge in [0.1, 0.15) is 17.1 Å². The largest absolute Gasteiger partial charge is 0.496 e. The number of halogens is 3. The molecule has 2 fully saturated rings. The number of rotatable bonds is 2. The Kier molecular flexibility index (Phi) is 5.97. The Morgan fingerprint density at radius 1 is 1.20 bits per heavy atom. The molecule has 2 heterocycles. The van der Waals surface area contributed by atoms with E-state index >= 15 is 0 Å². The first-order valence-corrected chi connectivity index (χ1v) is 9.74. The van der Waals surface area contributed by atoms with Gasteiger partial charge < -0.3 is 14.4 Å². The zero-order valence-electron chi connectivity index (χ0n) is 17.1. The van der Waals surface area contributed by atoms with E-state index in [0.717, 1.165) is 19.2 Å². The molecule has 0 radical (unpaired) electrons. The maximum atomic E-state index is 13.3. The number of carbonyl (C=O) groups excluding carboxylic acids is 2. The molecule has 0 bridgehead atoms. The van der Waals surface area contributed by atoms with Crippen LogP contribution in [0.15, 0.2) is 41.7 Å². The van der Waals surface area contributed by atoms with Gasteiger partial charge in [0, 0.05) is 31.5 Å². The van der Waals surface area contributed by atoms with Crippen molar-refractivity contribution >= 4 is 11.7 Å². The second-order valence-electron chi connectivity index (χ2n) is 7.45. The summed E-state index contributed by atoms with van der Waals surface area (Å²) in [5.74, 6) is -0.273. The molecule has 2 aliphatic heterocycles. The number of piperidine rings is 1. The van der Waals surface area contributed by atoms with E-state index in [0.29, 0.717) is 37.3 Å². The summed E-state index contributed by atoms with van der Waals surface area (Å²) in [6.07, 6.45) is -0.0565. The van der Waals surface area contributed by atoms with Crippen LogP contribution < -0.4 is 4.74 Å². The molecule has 0 atom stereocenters. The number of nitrogens with zero attached hydrogens (tertiary/aromatic N) is 1. The Labute approximate surface area is 173 Å². The fourth-order valence-corrected chi connectivity index (χ4v) is 4.01. The minimum Gasteiger partial charge on any atom is -0.496 e. The van der Waals surface area contributed by atoms with Crippen molar-refractivity contribution in [3.05, 3.63) is 52.8 Å². The molecule has 8 heteroatoms. The van der Waals surface area contributed by atoms with Crippen LogP contribution in [0.5, 0.6) is 5.75 Å². The van der Waals surface area contributed by atoms with Crippen molar-refractivity contribution < 1.29 is 32.2 Å². The minimum atomic E-state index is -4.63. The molecule has 3 rings (SSSR count). The zero-order chi connectivity index (χ0) is 22.1. The monoisotopic (exact) mass is 423 g/mol. The number of likely N-dealkylation sites (tertiary alicyclic amines) is 1. The summed E-state index contributed by atoms with van der Waals surface area (Å²) in [6, 6.07) is 3.31. The predicted molar refractivity (Wildman–Crippen MR) is 104 cm³/mol. The average molecular weight is 423 g/mol. The number of carbonyl (C=O) groups is 2. The van der Waals surface area contributed by atoms with Crippen LogP contribution in [0.1, 0.15) is 49.0 Å². The Morgan fingerprint density at radius 3 is 2.40 bits per heavy atom. The van der Waals surface area contributed by atoms with Crippen molar-refractivity contribution in [1.82, 2.24) is 4.90 Å². The number of ether oxygens (including phenoxy) is 2. The number of hydrogen-bond donors (Lipinski definition) is 0. The highest BCUT2D eigenvalue weighted by Gasteiger charge is 2.45. The van der Waals surface area contributed by atoms with Crippen LogP contribution in [0.4, 0.5) is 13.2 Å². The second-order valence-corrected chi connectivity index (χ2v) is 7.45. The van der Waals surface area contributed by atoms with E-state index in [-0.39, 0.29) is 23.5 Å². The van der Waals surface area contributed by atoms with Crippen LogP contribution in [0.3, 0.4) is 0 Å². The minimum absolute atomic E-state index is 0.00148. The van der Waals surface area contributed by atoms with Gasteiger partial charge in [0.2, 0.25) is 0 Å². The molecule has 0 saturated carbocycles. The molecule has 2 aliphatic rings. The Balaban J connectivity index is 1.76. The SMILES string of the molecule is CC=C1OC2(CCN(C(=O)c3ccc(OC)c(C(F)(F)F)c3)CC2)CC(=O)C1=CC. The second kappa shape index (κ2) is 8.16. The van der Waals surface area contributed by atoms with Crippen molar-refractivity contribution in [3.8, 4) is 5.75 Å².